The lowest BCUT2D eigenvalue weighted by Gasteiger charge is -2.31. The van der Waals surface area contributed by atoms with Gasteiger partial charge in [0.05, 0.1) is 41.1 Å². The molecule has 2 N–H and O–H groups in total. The molecule has 7 nitrogen and oxygen atoms in total. The molecular formula is C18H22BrN4O3S2+. The van der Waals surface area contributed by atoms with Crippen LogP contribution < -0.4 is 10.3 Å². The molecule has 0 aliphatic carbocycles. The summed E-state index contributed by atoms with van der Waals surface area (Å²) < 4.78 is 27.9. The van der Waals surface area contributed by atoms with Gasteiger partial charge in [0.2, 0.25) is 10.0 Å². The molecule has 1 aromatic heterocycles. The zero-order valence-corrected chi connectivity index (χ0v) is 18.6. The van der Waals surface area contributed by atoms with Crippen molar-refractivity contribution in [2.75, 3.05) is 32.7 Å². The minimum Gasteiger partial charge on any atom is -0.325 e. The highest BCUT2D eigenvalue weighted by Crippen LogP contribution is 2.20. The minimum atomic E-state index is -3.48. The first-order chi connectivity index (χ1) is 13.3. The average Bonchev–Trinajstić information content (AvgIpc) is 3.08. The summed E-state index contributed by atoms with van der Waals surface area (Å²) >= 11 is 4.90. The van der Waals surface area contributed by atoms with Crippen LogP contribution in [0.1, 0.15) is 10.4 Å². The van der Waals surface area contributed by atoms with Crippen molar-refractivity contribution in [2.24, 2.45) is 5.10 Å². The first kappa shape index (κ1) is 21.1. The number of nitrogens with one attached hydrogen (secondary N) is 2. The van der Waals surface area contributed by atoms with Crippen molar-refractivity contribution in [2.45, 2.75) is 11.8 Å². The Kier molecular flexibility index (Phi) is 7.00. The lowest BCUT2D eigenvalue weighted by atomic mass is 10.2. The van der Waals surface area contributed by atoms with Crippen molar-refractivity contribution >= 4 is 49.4 Å². The number of nitrogens with zero attached hydrogens (tertiary/aromatic N) is 2. The highest BCUT2D eigenvalue weighted by molar-refractivity contribution is 9.11. The normalized spacial score (nSPS) is 16.5. The van der Waals surface area contributed by atoms with E-state index >= 15 is 0 Å². The van der Waals surface area contributed by atoms with Crippen LogP contribution in [0.2, 0.25) is 0 Å². The van der Waals surface area contributed by atoms with Gasteiger partial charge in [0, 0.05) is 4.88 Å². The van der Waals surface area contributed by atoms with Gasteiger partial charge in [-0.25, -0.2) is 13.8 Å². The van der Waals surface area contributed by atoms with Crippen LogP contribution in [0, 0.1) is 6.92 Å². The lowest BCUT2D eigenvalue weighted by molar-refractivity contribution is -0.895. The van der Waals surface area contributed by atoms with Crippen molar-refractivity contribution in [3.05, 3.63) is 50.6 Å². The van der Waals surface area contributed by atoms with E-state index in [0.717, 1.165) is 19.1 Å². The first-order valence-corrected chi connectivity index (χ1v) is 11.9. The molecule has 0 radical (unpaired) electrons. The zero-order chi connectivity index (χ0) is 20.1. The molecule has 1 aromatic carbocycles. The van der Waals surface area contributed by atoms with E-state index in [-0.39, 0.29) is 12.5 Å². The van der Waals surface area contributed by atoms with E-state index in [4.69, 9.17) is 0 Å². The second-order valence-electron chi connectivity index (χ2n) is 6.58. The number of sulfonamides is 1. The molecule has 1 fully saturated rings. The highest BCUT2D eigenvalue weighted by atomic mass is 79.9. The third-order valence-electron chi connectivity index (χ3n) is 4.47. The van der Waals surface area contributed by atoms with Crippen molar-refractivity contribution in [3.63, 3.8) is 0 Å². The van der Waals surface area contributed by atoms with E-state index in [1.807, 2.05) is 19.1 Å². The van der Waals surface area contributed by atoms with Gasteiger partial charge in [-0.15, -0.1) is 11.3 Å². The SMILES string of the molecule is Cc1ccc(S(=O)(=O)N2CC[NH+](CC(=O)N/N=C\c3ccc(Br)s3)CC2)cc1. The number of hydrogen-bond donors (Lipinski definition) is 2. The standard InChI is InChI=1S/C18H21BrN4O3S2/c1-14-2-5-16(6-3-14)28(25,26)23-10-8-22(9-11-23)13-18(24)21-20-12-15-4-7-17(19)27-15/h2-7,12H,8-11,13H2,1H3,(H,21,24)/p+1/b20-12-. The first-order valence-electron chi connectivity index (χ1n) is 8.82. The van der Waals surface area contributed by atoms with Crippen LogP contribution in [0.4, 0.5) is 0 Å². The van der Waals surface area contributed by atoms with Gasteiger partial charge in [-0.1, -0.05) is 17.7 Å². The lowest BCUT2D eigenvalue weighted by Crippen LogP contribution is -3.15. The number of halogens is 1. The molecule has 2 aromatic rings. The Morgan fingerprint density at radius 2 is 1.93 bits per heavy atom. The van der Waals surface area contributed by atoms with Gasteiger partial charge in [0.25, 0.3) is 5.91 Å². The van der Waals surface area contributed by atoms with E-state index < -0.39 is 10.0 Å². The third kappa shape index (κ3) is 5.48. The number of carbonyl (C=O) groups excluding carboxylic acids is 1. The Morgan fingerprint density at radius 1 is 1.25 bits per heavy atom. The Labute approximate surface area is 177 Å². The number of rotatable bonds is 6. The van der Waals surface area contributed by atoms with Crippen LogP contribution in [0.5, 0.6) is 0 Å². The smallest absolute Gasteiger partial charge is 0.295 e. The molecule has 150 valence electrons. The fourth-order valence-electron chi connectivity index (χ4n) is 2.91. The quantitative estimate of drug-likeness (QED) is 0.470. The Balaban J connectivity index is 1.47. The van der Waals surface area contributed by atoms with Crippen LogP contribution >= 0.6 is 27.3 Å². The number of piperazine rings is 1. The van der Waals surface area contributed by atoms with Crippen molar-refractivity contribution in [1.82, 2.24) is 9.73 Å². The largest absolute Gasteiger partial charge is 0.325 e. The topological polar surface area (TPSA) is 83.3 Å². The summed E-state index contributed by atoms with van der Waals surface area (Å²) in [5.41, 5.74) is 3.55. The number of hydrazone groups is 1. The fraction of sp³-hybridized carbons (Fsp3) is 0.333. The second-order valence-corrected chi connectivity index (χ2v) is 11.0. The summed E-state index contributed by atoms with van der Waals surface area (Å²) in [5, 5.41) is 3.97. The molecule has 1 aliphatic heterocycles. The molecule has 0 saturated carbocycles. The third-order valence-corrected chi connectivity index (χ3v) is 7.94. The van der Waals surface area contributed by atoms with Crippen molar-refractivity contribution < 1.29 is 18.1 Å². The molecule has 28 heavy (non-hydrogen) atoms. The summed E-state index contributed by atoms with van der Waals surface area (Å²) in [6.07, 6.45) is 1.61. The number of amides is 1. The predicted molar refractivity (Wildman–Crippen MR) is 113 cm³/mol. The molecule has 3 rings (SSSR count). The molecule has 1 aliphatic rings. The molecule has 1 saturated heterocycles. The van der Waals surface area contributed by atoms with E-state index in [2.05, 4.69) is 26.5 Å². The maximum atomic E-state index is 12.7. The maximum absolute atomic E-state index is 12.7. The van der Waals surface area contributed by atoms with E-state index in [0.29, 0.717) is 31.1 Å². The Hall–Kier alpha value is -1.59. The van der Waals surface area contributed by atoms with Crippen molar-refractivity contribution in [1.29, 1.82) is 0 Å². The van der Waals surface area contributed by atoms with Crippen LogP contribution in [0.15, 0.2) is 50.2 Å². The summed E-state index contributed by atoms with van der Waals surface area (Å²) in [4.78, 5) is 14.4. The van der Waals surface area contributed by atoms with Crippen LogP contribution in [0.25, 0.3) is 0 Å². The molecule has 0 bridgehead atoms. The van der Waals surface area contributed by atoms with Gasteiger partial charge in [0.1, 0.15) is 0 Å². The van der Waals surface area contributed by atoms with Gasteiger partial charge in [-0.3, -0.25) is 4.79 Å². The van der Waals surface area contributed by atoms with E-state index in [1.165, 1.54) is 15.6 Å². The van der Waals surface area contributed by atoms with Crippen molar-refractivity contribution in [3.8, 4) is 0 Å². The summed E-state index contributed by atoms with van der Waals surface area (Å²) in [7, 11) is -3.48. The number of benzene rings is 1. The molecule has 10 heteroatoms. The minimum absolute atomic E-state index is 0.184. The average molecular weight is 486 g/mol. The molecule has 0 atom stereocenters. The Bertz CT molecular complexity index is 949. The van der Waals surface area contributed by atoms with Crippen LogP contribution in [0.3, 0.4) is 0 Å². The van der Waals surface area contributed by atoms with Gasteiger partial charge < -0.3 is 4.90 Å². The monoisotopic (exact) mass is 485 g/mol. The summed E-state index contributed by atoms with van der Waals surface area (Å²) in [6.45, 7) is 4.15. The van der Waals surface area contributed by atoms with Gasteiger partial charge in [-0.2, -0.15) is 9.41 Å². The predicted octanol–water partition coefficient (Wildman–Crippen LogP) is 0.859. The highest BCUT2D eigenvalue weighted by Gasteiger charge is 2.31. The molecule has 0 spiro atoms. The number of aryl methyl sites for hydroxylation is 1. The molecular weight excluding hydrogens is 464 g/mol. The molecule has 2 heterocycles. The van der Waals surface area contributed by atoms with Gasteiger partial charge >= 0.3 is 0 Å². The summed E-state index contributed by atoms with van der Waals surface area (Å²) in [6, 6.07) is 10.7. The zero-order valence-electron chi connectivity index (χ0n) is 15.4. The van der Waals surface area contributed by atoms with E-state index in [1.54, 1.807) is 30.5 Å². The van der Waals surface area contributed by atoms with Crippen LogP contribution in [-0.4, -0.2) is 57.6 Å². The number of carbonyl (C=O) groups is 1. The second kappa shape index (κ2) is 9.27. The number of thiophene rings is 1. The van der Waals surface area contributed by atoms with Gasteiger partial charge in [0.15, 0.2) is 6.54 Å². The molecule has 0 unspecified atom stereocenters. The Morgan fingerprint density at radius 3 is 2.54 bits per heavy atom. The number of quaternary nitrogens is 1. The van der Waals surface area contributed by atoms with Crippen LogP contribution in [-0.2, 0) is 14.8 Å². The fourth-order valence-corrected chi connectivity index (χ4v) is 5.65. The summed E-state index contributed by atoms with van der Waals surface area (Å²) in [5.74, 6) is -0.184. The maximum Gasteiger partial charge on any atom is 0.295 e. The number of hydrogen-bond acceptors (Lipinski definition) is 5. The van der Waals surface area contributed by atoms with Gasteiger partial charge in [-0.05, 0) is 47.1 Å². The molecule has 1 amide bonds. The van der Waals surface area contributed by atoms with E-state index in [9.17, 15) is 13.2 Å².